The summed E-state index contributed by atoms with van der Waals surface area (Å²) >= 11 is -1.03. The molecule has 1 fully saturated rings. The quantitative estimate of drug-likeness (QED) is 0.604. The van der Waals surface area contributed by atoms with Gasteiger partial charge in [0, 0.05) is 11.4 Å². The van der Waals surface area contributed by atoms with Crippen molar-refractivity contribution in [3.05, 3.63) is 0 Å². The van der Waals surface area contributed by atoms with E-state index in [9.17, 15) is 9.35 Å². The molecule has 0 radical (unpaired) electrons. The lowest BCUT2D eigenvalue weighted by Crippen LogP contribution is -2.48. The van der Waals surface area contributed by atoms with E-state index in [1.807, 2.05) is 27.7 Å². The van der Waals surface area contributed by atoms with Gasteiger partial charge in [0.25, 0.3) is 0 Å². The van der Waals surface area contributed by atoms with Crippen LogP contribution in [0, 0.1) is 11.8 Å². The van der Waals surface area contributed by atoms with Gasteiger partial charge in [-0.25, -0.2) is 0 Å². The Hall–Kier alpha value is -0.260. The topological polar surface area (TPSA) is 61.4 Å². The summed E-state index contributed by atoms with van der Waals surface area (Å²) < 4.78 is 20.4. The minimum Gasteiger partial charge on any atom is -0.598 e. The molecule has 0 aromatic carbocycles. The van der Waals surface area contributed by atoms with Gasteiger partial charge in [-0.3, -0.25) is 4.79 Å². The van der Waals surface area contributed by atoms with Crippen molar-refractivity contribution in [2.75, 3.05) is 6.61 Å². The fourth-order valence-electron chi connectivity index (χ4n) is 2.84. The van der Waals surface area contributed by atoms with Crippen LogP contribution in [-0.2, 0) is 20.9 Å². The molecule has 1 aliphatic carbocycles. The van der Waals surface area contributed by atoms with Gasteiger partial charge in [0.05, 0.1) is 18.6 Å². The molecule has 1 saturated carbocycles. The number of rotatable bonds is 6. The number of hydrogen-bond donors (Lipinski definition) is 1. The lowest BCUT2D eigenvalue weighted by Gasteiger charge is -2.35. The predicted octanol–water partition coefficient (Wildman–Crippen LogP) is 3.19. The van der Waals surface area contributed by atoms with Crippen molar-refractivity contribution in [1.29, 1.82) is 0 Å². The second kappa shape index (κ2) is 8.39. The summed E-state index contributed by atoms with van der Waals surface area (Å²) in [6.45, 7) is 10.4. The van der Waals surface area contributed by atoms with Gasteiger partial charge >= 0.3 is 5.97 Å². The van der Waals surface area contributed by atoms with Crippen LogP contribution in [0.1, 0.15) is 66.7 Å². The Morgan fingerprint density at radius 3 is 2.29 bits per heavy atom. The summed E-state index contributed by atoms with van der Waals surface area (Å²) in [4.78, 5) is 11.8. The molecule has 0 heterocycles. The highest BCUT2D eigenvalue weighted by molar-refractivity contribution is 7.90. The molecular weight excluding hydrogens is 286 g/mol. The average Bonchev–Trinajstić information content (AvgIpc) is 2.44. The summed E-state index contributed by atoms with van der Waals surface area (Å²) in [6, 6.07) is 0.271. The zero-order valence-corrected chi connectivity index (χ0v) is 14.9. The minimum absolute atomic E-state index is 0.0461. The van der Waals surface area contributed by atoms with Gasteiger partial charge in [0.1, 0.15) is 4.75 Å². The number of ether oxygens (including phenoxy) is 1. The maximum Gasteiger partial charge on any atom is 0.308 e. The molecule has 0 bridgehead atoms. The molecule has 5 heteroatoms. The van der Waals surface area contributed by atoms with Crippen molar-refractivity contribution in [2.24, 2.45) is 11.8 Å². The van der Waals surface area contributed by atoms with E-state index in [2.05, 4.69) is 11.6 Å². The summed E-state index contributed by atoms with van der Waals surface area (Å²) in [6.07, 6.45) is 4.77. The first-order valence-electron chi connectivity index (χ1n) is 8.14. The number of nitrogens with one attached hydrogen (secondary N) is 1. The molecule has 0 aromatic rings. The van der Waals surface area contributed by atoms with E-state index < -0.39 is 11.4 Å². The molecule has 0 aromatic heterocycles. The predicted molar refractivity (Wildman–Crippen MR) is 87.2 cm³/mol. The van der Waals surface area contributed by atoms with E-state index >= 15 is 0 Å². The molecule has 1 rings (SSSR count). The van der Waals surface area contributed by atoms with Crippen LogP contribution in [0.25, 0.3) is 0 Å². The van der Waals surface area contributed by atoms with Gasteiger partial charge in [-0.15, -0.1) is 4.72 Å². The van der Waals surface area contributed by atoms with Crippen molar-refractivity contribution in [3.8, 4) is 0 Å². The average molecular weight is 317 g/mol. The lowest BCUT2D eigenvalue weighted by molar-refractivity contribution is -0.149. The minimum atomic E-state index is -1.03. The van der Waals surface area contributed by atoms with E-state index in [4.69, 9.17) is 4.74 Å². The molecule has 21 heavy (non-hydrogen) atoms. The maximum atomic E-state index is 12.3. The standard InChI is InChI=1S/C16H31NO3S/c1-6-14(17-21(19)16(3,4)5)12-8-10-13(11-9-12)15(18)20-7-2/h12-14,17H,6-11H2,1-5H3/t12?,13?,14-,21-/m1/s1. The molecule has 0 unspecified atom stereocenters. The smallest absolute Gasteiger partial charge is 0.308 e. The van der Waals surface area contributed by atoms with Crippen molar-refractivity contribution in [1.82, 2.24) is 4.72 Å². The molecule has 1 N–H and O–H groups in total. The first-order valence-corrected chi connectivity index (χ1v) is 9.29. The summed E-state index contributed by atoms with van der Waals surface area (Å²) in [5.74, 6) is 0.522. The van der Waals surface area contributed by atoms with Crippen LogP contribution in [0.2, 0.25) is 0 Å². The van der Waals surface area contributed by atoms with Crippen LogP contribution in [0.15, 0.2) is 0 Å². The zero-order valence-electron chi connectivity index (χ0n) is 14.1. The Morgan fingerprint density at radius 1 is 1.29 bits per heavy atom. The van der Waals surface area contributed by atoms with E-state index in [-0.39, 0.29) is 22.7 Å². The Kier molecular flexibility index (Phi) is 7.51. The fraction of sp³-hybridized carbons (Fsp3) is 0.938. The van der Waals surface area contributed by atoms with Crippen LogP contribution in [0.3, 0.4) is 0 Å². The van der Waals surface area contributed by atoms with Crippen molar-refractivity contribution in [2.45, 2.75) is 77.5 Å². The SMILES string of the molecule is CCOC(=O)C1CCC([C@@H](CC)N[S@+]([O-])C(C)(C)C)CC1. The van der Waals surface area contributed by atoms with Crippen LogP contribution in [0.5, 0.6) is 0 Å². The van der Waals surface area contributed by atoms with E-state index in [0.29, 0.717) is 12.5 Å². The van der Waals surface area contributed by atoms with Gasteiger partial charge in [-0.2, -0.15) is 0 Å². The molecule has 0 amide bonds. The first kappa shape index (κ1) is 18.8. The van der Waals surface area contributed by atoms with Gasteiger partial charge in [0.15, 0.2) is 0 Å². The summed E-state index contributed by atoms with van der Waals surface area (Å²) in [7, 11) is 0. The van der Waals surface area contributed by atoms with Gasteiger partial charge in [0.2, 0.25) is 0 Å². The molecule has 1 aliphatic rings. The third-order valence-corrected chi connectivity index (χ3v) is 5.84. The molecule has 0 spiro atoms. The maximum absolute atomic E-state index is 12.3. The largest absolute Gasteiger partial charge is 0.598 e. The zero-order chi connectivity index (χ0) is 16.0. The molecule has 124 valence electrons. The van der Waals surface area contributed by atoms with Crippen LogP contribution in [0.4, 0.5) is 0 Å². The lowest BCUT2D eigenvalue weighted by atomic mass is 9.78. The Balaban J connectivity index is 2.49. The van der Waals surface area contributed by atoms with Gasteiger partial charge in [-0.05, 0) is 65.7 Å². The first-order chi connectivity index (χ1) is 9.79. The molecule has 2 atom stereocenters. The van der Waals surface area contributed by atoms with Crippen LogP contribution >= 0.6 is 0 Å². The van der Waals surface area contributed by atoms with Crippen molar-refractivity contribution >= 4 is 17.3 Å². The van der Waals surface area contributed by atoms with Crippen LogP contribution in [-0.4, -0.2) is 27.9 Å². The summed E-state index contributed by atoms with van der Waals surface area (Å²) in [5, 5.41) is 0. The van der Waals surface area contributed by atoms with Gasteiger partial charge < -0.3 is 9.29 Å². The van der Waals surface area contributed by atoms with E-state index in [1.54, 1.807) is 0 Å². The molecule has 0 aliphatic heterocycles. The normalized spacial score (nSPS) is 26.2. The molecular formula is C16H31NO3S. The highest BCUT2D eigenvalue weighted by Crippen LogP contribution is 2.33. The Labute approximate surface area is 132 Å². The number of carbonyl (C=O) groups is 1. The van der Waals surface area contributed by atoms with Crippen LogP contribution < -0.4 is 4.72 Å². The Bertz CT molecular complexity index is 322. The monoisotopic (exact) mass is 317 g/mol. The highest BCUT2D eigenvalue weighted by Gasteiger charge is 2.35. The summed E-state index contributed by atoms with van der Waals surface area (Å²) in [5.41, 5.74) is 0. The molecule has 4 nitrogen and oxygen atoms in total. The fourth-order valence-corrected chi connectivity index (χ4v) is 3.83. The van der Waals surface area contributed by atoms with Gasteiger partial charge in [-0.1, -0.05) is 6.92 Å². The number of carbonyl (C=O) groups excluding carboxylic acids is 1. The highest BCUT2D eigenvalue weighted by atomic mass is 32.2. The second-order valence-electron chi connectivity index (χ2n) is 6.88. The van der Waals surface area contributed by atoms with E-state index in [1.165, 1.54) is 0 Å². The van der Waals surface area contributed by atoms with Crippen molar-refractivity contribution < 1.29 is 14.1 Å². The van der Waals surface area contributed by atoms with Crippen molar-refractivity contribution in [3.63, 3.8) is 0 Å². The number of hydrogen-bond acceptors (Lipinski definition) is 4. The third-order valence-electron chi connectivity index (χ3n) is 4.22. The third kappa shape index (κ3) is 5.80. The van der Waals surface area contributed by atoms with E-state index in [0.717, 1.165) is 32.1 Å². The Morgan fingerprint density at radius 2 is 1.86 bits per heavy atom. The number of esters is 1. The second-order valence-corrected chi connectivity index (χ2v) is 8.88. The molecule has 0 saturated heterocycles.